The number of amides is 2. The Labute approximate surface area is 192 Å². The first-order valence-electron chi connectivity index (χ1n) is 10.6. The average molecular weight is 456 g/mol. The van der Waals surface area contributed by atoms with E-state index in [0.717, 1.165) is 29.8 Å². The van der Waals surface area contributed by atoms with Gasteiger partial charge in [0.2, 0.25) is 5.91 Å². The van der Waals surface area contributed by atoms with Crippen LogP contribution in [0.4, 0.5) is 16.2 Å². The summed E-state index contributed by atoms with van der Waals surface area (Å²) in [5.41, 5.74) is 1.41. The number of benzene rings is 2. The van der Waals surface area contributed by atoms with Gasteiger partial charge in [-0.1, -0.05) is 12.1 Å². The first-order chi connectivity index (χ1) is 15.2. The Morgan fingerprint density at radius 2 is 1.84 bits per heavy atom. The third-order valence-electron chi connectivity index (χ3n) is 4.50. The molecule has 1 heterocycles. The molecule has 2 N–H and O–H groups in total. The number of aryl methyl sites for hydroxylation is 1. The minimum atomic E-state index is -0.617. The third-order valence-corrected chi connectivity index (χ3v) is 5.60. The lowest BCUT2D eigenvalue weighted by molar-refractivity contribution is -0.116. The lowest BCUT2D eigenvalue weighted by Gasteiger charge is -2.20. The number of anilines is 2. The van der Waals surface area contributed by atoms with Crippen LogP contribution >= 0.6 is 11.3 Å². The lowest BCUT2D eigenvalue weighted by Crippen LogP contribution is -2.27. The highest BCUT2D eigenvalue weighted by Crippen LogP contribution is 2.29. The number of carbonyl (C=O) groups excluding carboxylic acids is 2. The number of unbranched alkanes of at least 4 members (excludes halogenated alkanes) is 1. The number of nitrogens with zero attached hydrogens (tertiary/aromatic N) is 1. The summed E-state index contributed by atoms with van der Waals surface area (Å²) in [6.45, 7) is 5.37. The molecule has 0 aliphatic rings. The van der Waals surface area contributed by atoms with E-state index in [4.69, 9.17) is 9.47 Å². The predicted octanol–water partition coefficient (Wildman–Crippen LogP) is 6.00. The normalized spacial score (nSPS) is 11.2. The second-order valence-electron chi connectivity index (χ2n) is 8.37. The molecule has 7 nitrogen and oxygen atoms in total. The van der Waals surface area contributed by atoms with Crippen LogP contribution in [0.15, 0.2) is 42.5 Å². The molecule has 8 heteroatoms. The van der Waals surface area contributed by atoms with Crippen LogP contribution in [-0.4, -0.2) is 29.7 Å². The molecule has 0 spiro atoms. The number of aromatic nitrogens is 1. The van der Waals surface area contributed by atoms with E-state index < -0.39 is 11.7 Å². The molecule has 170 valence electrons. The van der Waals surface area contributed by atoms with E-state index in [0.29, 0.717) is 23.5 Å². The van der Waals surface area contributed by atoms with Gasteiger partial charge in [0.1, 0.15) is 11.4 Å². The van der Waals surface area contributed by atoms with Crippen molar-refractivity contribution < 1.29 is 19.1 Å². The van der Waals surface area contributed by atoms with Crippen LogP contribution in [0.2, 0.25) is 0 Å². The summed E-state index contributed by atoms with van der Waals surface area (Å²) in [5.74, 6) is 0.396. The van der Waals surface area contributed by atoms with Crippen molar-refractivity contribution in [3.63, 3.8) is 0 Å². The molecular formula is C24H29N3O4S. The van der Waals surface area contributed by atoms with Gasteiger partial charge >= 0.3 is 6.09 Å². The highest BCUT2D eigenvalue weighted by atomic mass is 32.1. The van der Waals surface area contributed by atoms with Crippen LogP contribution in [0.3, 0.4) is 0 Å². The van der Waals surface area contributed by atoms with Gasteiger partial charge in [-0.2, -0.15) is 0 Å². The molecular weight excluding hydrogens is 426 g/mol. The molecule has 0 aliphatic heterocycles. The fourth-order valence-corrected chi connectivity index (χ4v) is 4.12. The number of methoxy groups -OCH3 is 1. The maximum atomic E-state index is 12.4. The molecule has 1 aromatic heterocycles. The Morgan fingerprint density at radius 3 is 2.56 bits per heavy atom. The zero-order valence-electron chi connectivity index (χ0n) is 18.9. The maximum absolute atomic E-state index is 12.4. The molecule has 0 saturated carbocycles. The van der Waals surface area contributed by atoms with Gasteiger partial charge < -0.3 is 14.8 Å². The number of rotatable bonds is 8. The Balaban J connectivity index is 1.49. The Morgan fingerprint density at radius 1 is 1.06 bits per heavy atom. The molecule has 3 aromatic rings. The van der Waals surface area contributed by atoms with Gasteiger partial charge in [0.15, 0.2) is 0 Å². The standard InChI is InChI=1S/C24H29N3O4S/c1-24(2,3)31-23(29)27-18-15-16(13-14-19(18)30-4)25-21(28)11-7-8-12-22-26-17-9-5-6-10-20(17)32-22/h5-6,9-10,13-15H,7-8,11-12H2,1-4H3,(H,25,28)(H,27,29). The molecule has 0 saturated heterocycles. The highest BCUT2D eigenvalue weighted by molar-refractivity contribution is 7.18. The minimum absolute atomic E-state index is 0.0808. The number of ether oxygens (including phenoxy) is 2. The summed E-state index contributed by atoms with van der Waals surface area (Å²) in [5, 5.41) is 6.64. The third kappa shape index (κ3) is 6.95. The van der Waals surface area contributed by atoms with Crippen molar-refractivity contribution in [1.82, 2.24) is 4.98 Å². The van der Waals surface area contributed by atoms with Gasteiger partial charge in [-0.25, -0.2) is 9.78 Å². The van der Waals surface area contributed by atoms with Gasteiger partial charge in [0.25, 0.3) is 0 Å². The van der Waals surface area contributed by atoms with Crippen molar-refractivity contribution in [3.05, 3.63) is 47.5 Å². The molecule has 0 atom stereocenters. The first kappa shape index (κ1) is 23.5. The summed E-state index contributed by atoms with van der Waals surface area (Å²) in [7, 11) is 1.51. The van der Waals surface area contributed by atoms with Crippen molar-refractivity contribution in [2.45, 2.75) is 52.1 Å². The van der Waals surface area contributed by atoms with Crippen molar-refractivity contribution in [2.24, 2.45) is 0 Å². The fraction of sp³-hybridized carbons (Fsp3) is 0.375. The summed E-state index contributed by atoms with van der Waals surface area (Å²) in [4.78, 5) is 29.1. The minimum Gasteiger partial charge on any atom is -0.495 e. The Kier molecular flexibility index (Phi) is 7.69. The van der Waals surface area contributed by atoms with E-state index in [1.165, 1.54) is 11.8 Å². The fourth-order valence-electron chi connectivity index (χ4n) is 3.11. The second-order valence-corrected chi connectivity index (χ2v) is 9.49. The summed E-state index contributed by atoms with van der Waals surface area (Å²) in [6.07, 6.45) is 2.33. The number of carbonyl (C=O) groups is 2. The SMILES string of the molecule is COc1ccc(NC(=O)CCCCc2nc3ccccc3s2)cc1NC(=O)OC(C)(C)C. The van der Waals surface area contributed by atoms with E-state index in [-0.39, 0.29) is 5.91 Å². The second kappa shape index (κ2) is 10.5. The van der Waals surface area contributed by atoms with Crippen LogP contribution in [0.1, 0.15) is 45.0 Å². The van der Waals surface area contributed by atoms with Crippen molar-refractivity contribution in [1.29, 1.82) is 0 Å². The van der Waals surface area contributed by atoms with Gasteiger partial charge in [-0.3, -0.25) is 10.1 Å². The summed E-state index contributed by atoms with van der Waals surface area (Å²) < 4.78 is 11.8. The predicted molar refractivity (Wildman–Crippen MR) is 129 cm³/mol. The van der Waals surface area contributed by atoms with Gasteiger partial charge in [-0.15, -0.1) is 11.3 Å². The first-order valence-corrected chi connectivity index (χ1v) is 11.4. The molecule has 0 fully saturated rings. The highest BCUT2D eigenvalue weighted by Gasteiger charge is 2.18. The number of thiazole rings is 1. The van der Waals surface area contributed by atoms with Gasteiger partial charge in [-0.05, 0) is 70.4 Å². The topological polar surface area (TPSA) is 89.5 Å². The molecule has 32 heavy (non-hydrogen) atoms. The van der Waals surface area contributed by atoms with Crippen molar-refractivity contribution >= 4 is 44.9 Å². The number of hydrogen-bond donors (Lipinski definition) is 2. The van der Waals surface area contributed by atoms with E-state index >= 15 is 0 Å². The van der Waals surface area contributed by atoms with Crippen LogP contribution in [-0.2, 0) is 16.0 Å². The Bertz CT molecular complexity index is 1060. The summed E-state index contributed by atoms with van der Waals surface area (Å²) in [6, 6.07) is 13.2. The van der Waals surface area contributed by atoms with Crippen molar-refractivity contribution in [3.8, 4) is 5.75 Å². The van der Waals surface area contributed by atoms with E-state index in [1.807, 2.05) is 18.2 Å². The molecule has 0 aliphatic carbocycles. The zero-order valence-corrected chi connectivity index (χ0v) is 19.7. The van der Waals surface area contributed by atoms with Crippen molar-refractivity contribution in [2.75, 3.05) is 17.7 Å². The van der Waals surface area contributed by atoms with E-state index in [1.54, 1.807) is 50.3 Å². The maximum Gasteiger partial charge on any atom is 0.412 e. The number of fused-ring (bicyclic) bond motifs is 1. The molecule has 0 unspecified atom stereocenters. The van der Waals surface area contributed by atoms with Crippen LogP contribution < -0.4 is 15.4 Å². The molecule has 3 rings (SSSR count). The smallest absolute Gasteiger partial charge is 0.412 e. The van der Waals surface area contributed by atoms with Gasteiger partial charge in [0.05, 0.1) is 28.0 Å². The monoisotopic (exact) mass is 455 g/mol. The molecule has 0 radical (unpaired) electrons. The lowest BCUT2D eigenvalue weighted by atomic mass is 10.2. The number of hydrogen-bond acceptors (Lipinski definition) is 6. The quantitative estimate of drug-likeness (QED) is 0.406. The van der Waals surface area contributed by atoms with E-state index in [9.17, 15) is 9.59 Å². The van der Waals surface area contributed by atoms with Gasteiger partial charge in [0, 0.05) is 12.1 Å². The number of nitrogens with one attached hydrogen (secondary N) is 2. The average Bonchev–Trinajstić information content (AvgIpc) is 3.13. The van der Waals surface area contributed by atoms with Crippen LogP contribution in [0.25, 0.3) is 10.2 Å². The van der Waals surface area contributed by atoms with Crippen LogP contribution in [0.5, 0.6) is 5.75 Å². The van der Waals surface area contributed by atoms with E-state index in [2.05, 4.69) is 21.7 Å². The van der Waals surface area contributed by atoms with Crippen LogP contribution in [0, 0.1) is 0 Å². The summed E-state index contributed by atoms with van der Waals surface area (Å²) >= 11 is 1.70. The molecule has 0 bridgehead atoms. The zero-order chi connectivity index (χ0) is 23.1. The molecule has 2 amide bonds. The largest absolute Gasteiger partial charge is 0.495 e. The Hall–Kier alpha value is -3.13. The molecule has 2 aromatic carbocycles. The number of para-hydroxylation sites is 1.